The lowest BCUT2D eigenvalue weighted by Gasteiger charge is -2.30. The Hall–Kier alpha value is -3.61. The van der Waals surface area contributed by atoms with Gasteiger partial charge in [0.15, 0.2) is 5.78 Å². The van der Waals surface area contributed by atoms with Gasteiger partial charge in [-0.1, -0.05) is 42.5 Å². The Kier molecular flexibility index (Phi) is 3.91. The molecule has 2 amide bonds. The third-order valence-electron chi connectivity index (χ3n) is 5.68. The van der Waals surface area contributed by atoms with Gasteiger partial charge in [-0.15, -0.1) is 0 Å². The molecule has 7 heteroatoms. The van der Waals surface area contributed by atoms with Gasteiger partial charge in [-0.25, -0.2) is 9.29 Å². The summed E-state index contributed by atoms with van der Waals surface area (Å²) in [4.78, 5) is 40.9. The smallest absolute Gasteiger partial charge is 0.240 e. The maximum absolute atomic E-state index is 13.7. The van der Waals surface area contributed by atoms with Gasteiger partial charge in [0.25, 0.3) is 0 Å². The highest BCUT2D eigenvalue weighted by atomic mass is 19.1. The molecule has 144 valence electrons. The summed E-state index contributed by atoms with van der Waals surface area (Å²) in [7, 11) is 0. The number of imide groups is 1. The Bertz CT molecular complexity index is 1080. The molecule has 4 atom stereocenters. The Morgan fingerprint density at radius 2 is 1.72 bits per heavy atom. The van der Waals surface area contributed by atoms with Gasteiger partial charge in [-0.3, -0.25) is 19.4 Å². The van der Waals surface area contributed by atoms with Crippen molar-refractivity contribution < 1.29 is 18.8 Å². The minimum Gasteiger partial charge on any atom is -0.292 e. The number of hydrazone groups is 1. The summed E-state index contributed by atoms with van der Waals surface area (Å²) >= 11 is 0. The number of fused-ring (bicyclic) bond motifs is 3. The topological polar surface area (TPSA) is 70.0 Å². The van der Waals surface area contributed by atoms with Gasteiger partial charge >= 0.3 is 0 Å². The molecule has 0 bridgehead atoms. The molecule has 3 heterocycles. The van der Waals surface area contributed by atoms with Gasteiger partial charge in [0, 0.05) is 11.8 Å². The number of hydrogen-bond donors (Lipinski definition) is 0. The third kappa shape index (κ3) is 2.54. The zero-order valence-electron chi connectivity index (χ0n) is 15.2. The van der Waals surface area contributed by atoms with Crippen molar-refractivity contribution in [3.05, 3.63) is 78.1 Å². The number of carbonyl (C=O) groups is 3. The summed E-state index contributed by atoms with van der Waals surface area (Å²) in [5, 5.41) is 5.86. The maximum Gasteiger partial charge on any atom is 0.240 e. The van der Waals surface area contributed by atoms with Crippen LogP contribution in [-0.2, 0) is 9.59 Å². The number of anilines is 1. The summed E-state index contributed by atoms with van der Waals surface area (Å²) in [6.45, 7) is 0. The van der Waals surface area contributed by atoms with Crippen molar-refractivity contribution in [1.82, 2.24) is 5.01 Å². The number of amides is 2. The second-order valence-electron chi connectivity index (χ2n) is 7.24. The molecule has 0 spiro atoms. The number of nitrogens with zero attached hydrogens (tertiary/aromatic N) is 3. The first-order chi connectivity index (χ1) is 14.1. The van der Waals surface area contributed by atoms with E-state index in [9.17, 15) is 18.8 Å². The fraction of sp³-hybridized carbons (Fsp3) is 0.182. The summed E-state index contributed by atoms with van der Waals surface area (Å²) in [6, 6.07) is 12.6. The Morgan fingerprint density at radius 1 is 0.966 bits per heavy atom. The van der Waals surface area contributed by atoms with Gasteiger partial charge in [0.05, 0.1) is 23.6 Å². The van der Waals surface area contributed by atoms with Crippen molar-refractivity contribution in [3.63, 3.8) is 0 Å². The molecule has 0 aliphatic carbocycles. The highest BCUT2D eigenvalue weighted by Gasteiger charge is 2.64. The van der Waals surface area contributed by atoms with E-state index in [-0.39, 0.29) is 11.5 Å². The van der Waals surface area contributed by atoms with Gasteiger partial charge in [-0.2, -0.15) is 5.10 Å². The first-order valence-corrected chi connectivity index (χ1v) is 9.29. The summed E-state index contributed by atoms with van der Waals surface area (Å²) < 4.78 is 13.7. The van der Waals surface area contributed by atoms with Crippen molar-refractivity contribution >= 4 is 29.5 Å². The molecule has 5 rings (SSSR count). The van der Waals surface area contributed by atoms with Crippen LogP contribution < -0.4 is 4.90 Å². The second-order valence-corrected chi connectivity index (χ2v) is 7.24. The molecule has 2 aromatic rings. The Labute approximate surface area is 165 Å². The Balaban J connectivity index is 1.59. The first-order valence-electron chi connectivity index (χ1n) is 9.29. The predicted octanol–water partition coefficient (Wildman–Crippen LogP) is 2.42. The molecule has 3 aliphatic rings. The largest absolute Gasteiger partial charge is 0.292 e. The van der Waals surface area contributed by atoms with Gasteiger partial charge in [0.1, 0.15) is 11.9 Å². The monoisotopic (exact) mass is 389 g/mol. The zero-order valence-corrected chi connectivity index (χ0v) is 15.2. The van der Waals surface area contributed by atoms with E-state index in [0.29, 0.717) is 5.56 Å². The molecule has 3 aliphatic heterocycles. The second kappa shape index (κ2) is 6.48. The zero-order chi connectivity index (χ0) is 20.1. The molecule has 29 heavy (non-hydrogen) atoms. The van der Waals surface area contributed by atoms with Crippen LogP contribution in [0.15, 0.2) is 71.9 Å². The van der Waals surface area contributed by atoms with Gasteiger partial charge in [0.2, 0.25) is 11.8 Å². The molecule has 2 aromatic carbocycles. The molecule has 0 N–H and O–H groups in total. The number of allylic oxidation sites excluding steroid dienone is 1. The number of halogens is 1. The average Bonchev–Trinajstić information content (AvgIpc) is 3.21. The molecule has 0 aromatic heterocycles. The van der Waals surface area contributed by atoms with E-state index >= 15 is 0 Å². The number of carbonyl (C=O) groups excluding carboxylic acids is 3. The standard InChI is InChI=1S/C22H16FN3O3/c23-14-8-4-9-15(12-14)25-21(28)17-16-10-5-11-24-26(16)19(18(17)22(25)29)20(27)13-6-2-1-3-7-13/h1-12,16-19H/t16-,17+,18+,19-/m1/s1. The van der Waals surface area contributed by atoms with Crippen molar-refractivity contribution in [2.75, 3.05) is 4.90 Å². The van der Waals surface area contributed by atoms with E-state index in [2.05, 4.69) is 5.10 Å². The highest BCUT2D eigenvalue weighted by Crippen LogP contribution is 2.46. The first kappa shape index (κ1) is 17.5. The lowest BCUT2D eigenvalue weighted by Crippen LogP contribution is -2.46. The van der Waals surface area contributed by atoms with Crippen LogP contribution in [-0.4, -0.2) is 40.9 Å². The van der Waals surface area contributed by atoms with Crippen LogP contribution in [0.5, 0.6) is 0 Å². The average molecular weight is 389 g/mol. The maximum atomic E-state index is 13.7. The van der Waals surface area contributed by atoms with Crippen LogP contribution in [0.4, 0.5) is 10.1 Å². The van der Waals surface area contributed by atoms with Crippen LogP contribution in [0.1, 0.15) is 10.4 Å². The van der Waals surface area contributed by atoms with Crippen molar-refractivity contribution in [3.8, 4) is 0 Å². The van der Waals surface area contributed by atoms with Gasteiger partial charge in [-0.05, 0) is 24.3 Å². The fourth-order valence-corrected chi connectivity index (χ4v) is 4.48. The van der Waals surface area contributed by atoms with E-state index in [1.54, 1.807) is 53.7 Å². The molecule has 6 nitrogen and oxygen atoms in total. The molecule has 0 saturated carbocycles. The number of hydrogen-bond acceptors (Lipinski definition) is 5. The third-order valence-corrected chi connectivity index (χ3v) is 5.68. The van der Waals surface area contributed by atoms with Crippen LogP contribution in [0, 0.1) is 17.7 Å². The molecule has 2 saturated heterocycles. The molecule has 0 unspecified atom stereocenters. The fourth-order valence-electron chi connectivity index (χ4n) is 4.48. The summed E-state index contributed by atoms with van der Waals surface area (Å²) in [5.41, 5.74) is 0.626. The SMILES string of the molecule is O=C(c1ccccc1)[C@H]1[C@H]2C(=O)N(c3cccc(F)c3)C(=O)[C@H]2[C@H]2C=CC=NN21. The predicted molar refractivity (Wildman–Crippen MR) is 104 cm³/mol. The van der Waals surface area contributed by atoms with E-state index in [0.717, 1.165) is 11.0 Å². The van der Waals surface area contributed by atoms with Crippen LogP contribution >= 0.6 is 0 Å². The number of benzene rings is 2. The number of rotatable bonds is 3. The van der Waals surface area contributed by atoms with Gasteiger partial charge < -0.3 is 0 Å². The molecule has 2 fully saturated rings. The highest BCUT2D eigenvalue weighted by molar-refractivity contribution is 6.24. The van der Waals surface area contributed by atoms with Crippen molar-refractivity contribution in [1.29, 1.82) is 0 Å². The van der Waals surface area contributed by atoms with E-state index in [4.69, 9.17) is 0 Å². The van der Waals surface area contributed by atoms with E-state index < -0.39 is 41.6 Å². The lowest BCUT2D eigenvalue weighted by molar-refractivity contribution is -0.123. The summed E-state index contributed by atoms with van der Waals surface area (Å²) in [6.07, 6.45) is 5.03. The van der Waals surface area contributed by atoms with Crippen molar-refractivity contribution in [2.24, 2.45) is 16.9 Å². The molecule has 0 radical (unpaired) electrons. The normalized spacial score (nSPS) is 27.3. The summed E-state index contributed by atoms with van der Waals surface area (Å²) in [5.74, 6) is -3.39. The molecular weight excluding hydrogens is 373 g/mol. The quantitative estimate of drug-likeness (QED) is 0.597. The van der Waals surface area contributed by atoms with Crippen LogP contribution in [0.2, 0.25) is 0 Å². The van der Waals surface area contributed by atoms with Crippen LogP contribution in [0.25, 0.3) is 0 Å². The van der Waals surface area contributed by atoms with E-state index in [1.807, 2.05) is 0 Å². The van der Waals surface area contributed by atoms with Crippen LogP contribution in [0.3, 0.4) is 0 Å². The molecular formula is C22H16FN3O3. The minimum atomic E-state index is -0.899. The van der Waals surface area contributed by atoms with Crippen molar-refractivity contribution in [2.45, 2.75) is 12.1 Å². The number of Topliss-reactive ketones (excluding diaryl/α,β-unsaturated/α-hetero) is 1. The number of ketones is 1. The van der Waals surface area contributed by atoms with E-state index in [1.165, 1.54) is 18.2 Å². The lowest BCUT2D eigenvalue weighted by atomic mass is 9.86. The minimum absolute atomic E-state index is 0.176. The Morgan fingerprint density at radius 3 is 2.48 bits per heavy atom.